The van der Waals surface area contributed by atoms with E-state index in [-0.39, 0.29) is 23.0 Å². The van der Waals surface area contributed by atoms with Crippen molar-refractivity contribution in [1.82, 2.24) is 14.9 Å². The number of alkyl halides is 3. The van der Waals surface area contributed by atoms with Gasteiger partial charge in [-0.25, -0.2) is 13.4 Å². The number of hydrogen-bond donors (Lipinski definition) is 0. The summed E-state index contributed by atoms with van der Waals surface area (Å²) in [5, 5.41) is 0. The molecule has 2 aromatic heterocycles. The standard InChI is InChI=1S/C20H19F3N4O3S2/c21-20(22,23)17-12-14(4-6-24-17)26-7-9-27(10-8-26)18(28)5-11-32(29,30)16-3-1-2-15-19(16)31-13-25-15/h1-4,6,12-13H,5,7-11H2. The fraction of sp³-hybridized carbons (Fsp3) is 0.350. The monoisotopic (exact) mass is 484 g/mol. The van der Waals surface area contributed by atoms with Gasteiger partial charge in [0.1, 0.15) is 5.69 Å². The number of pyridine rings is 1. The van der Waals surface area contributed by atoms with Crippen molar-refractivity contribution in [3.05, 3.63) is 47.7 Å². The van der Waals surface area contributed by atoms with Crippen molar-refractivity contribution in [3.63, 3.8) is 0 Å². The SMILES string of the molecule is O=C(CCS(=O)(=O)c1cccc2ncsc12)N1CCN(c2ccnc(C(F)(F)F)c2)CC1. The van der Waals surface area contributed by atoms with Crippen molar-refractivity contribution < 1.29 is 26.4 Å². The Morgan fingerprint density at radius 1 is 1.09 bits per heavy atom. The van der Waals surface area contributed by atoms with Gasteiger partial charge in [0.2, 0.25) is 5.91 Å². The number of amides is 1. The maximum Gasteiger partial charge on any atom is 0.433 e. The lowest BCUT2D eigenvalue weighted by atomic mass is 10.2. The van der Waals surface area contributed by atoms with Crippen LogP contribution in [0.4, 0.5) is 18.9 Å². The largest absolute Gasteiger partial charge is 0.433 e. The van der Waals surface area contributed by atoms with Gasteiger partial charge in [0, 0.05) is 44.5 Å². The summed E-state index contributed by atoms with van der Waals surface area (Å²) < 4.78 is 64.8. The van der Waals surface area contributed by atoms with Crippen molar-refractivity contribution in [2.75, 3.05) is 36.8 Å². The first-order valence-electron chi connectivity index (χ1n) is 9.76. The lowest BCUT2D eigenvalue weighted by Gasteiger charge is -2.36. The number of halogens is 3. The van der Waals surface area contributed by atoms with E-state index in [1.165, 1.54) is 23.5 Å². The molecule has 32 heavy (non-hydrogen) atoms. The molecule has 12 heteroatoms. The van der Waals surface area contributed by atoms with E-state index in [9.17, 15) is 26.4 Å². The highest BCUT2D eigenvalue weighted by atomic mass is 32.2. The summed E-state index contributed by atoms with van der Waals surface area (Å²) in [5.41, 5.74) is 1.60. The van der Waals surface area contributed by atoms with Crippen LogP contribution in [0.3, 0.4) is 0 Å². The first kappa shape index (κ1) is 22.5. The van der Waals surface area contributed by atoms with Crippen LogP contribution in [0.25, 0.3) is 10.2 Å². The number of sulfone groups is 1. The van der Waals surface area contributed by atoms with E-state index in [4.69, 9.17) is 0 Å². The van der Waals surface area contributed by atoms with Crippen LogP contribution in [0, 0.1) is 0 Å². The molecule has 1 aliphatic rings. The molecule has 1 fully saturated rings. The fourth-order valence-corrected chi connectivity index (χ4v) is 6.14. The Labute approximate surface area is 186 Å². The van der Waals surface area contributed by atoms with Gasteiger partial charge in [0.15, 0.2) is 9.84 Å². The molecule has 3 aromatic rings. The van der Waals surface area contributed by atoms with Gasteiger partial charge in [0.25, 0.3) is 0 Å². The van der Waals surface area contributed by atoms with E-state index in [0.717, 1.165) is 12.3 Å². The molecule has 0 aliphatic carbocycles. The molecule has 0 atom stereocenters. The van der Waals surface area contributed by atoms with E-state index < -0.39 is 21.7 Å². The number of rotatable bonds is 5. The van der Waals surface area contributed by atoms with Crippen LogP contribution in [0.2, 0.25) is 0 Å². The molecule has 4 rings (SSSR count). The molecular weight excluding hydrogens is 465 g/mol. The lowest BCUT2D eigenvalue weighted by Crippen LogP contribution is -2.49. The molecule has 0 spiro atoms. The molecule has 0 saturated carbocycles. The van der Waals surface area contributed by atoms with Gasteiger partial charge >= 0.3 is 6.18 Å². The average Bonchev–Trinajstić information content (AvgIpc) is 3.26. The van der Waals surface area contributed by atoms with Gasteiger partial charge in [0.05, 0.1) is 26.4 Å². The maximum absolute atomic E-state index is 12.9. The molecule has 1 saturated heterocycles. The molecule has 0 N–H and O–H groups in total. The van der Waals surface area contributed by atoms with Gasteiger partial charge in [-0.1, -0.05) is 6.07 Å². The maximum atomic E-state index is 12.9. The molecule has 3 heterocycles. The predicted molar refractivity (Wildman–Crippen MR) is 114 cm³/mol. The van der Waals surface area contributed by atoms with Gasteiger partial charge in [-0.3, -0.25) is 9.78 Å². The zero-order valence-corrected chi connectivity index (χ0v) is 18.4. The molecular formula is C20H19F3N4O3S2. The van der Waals surface area contributed by atoms with Crippen LogP contribution >= 0.6 is 11.3 Å². The molecule has 170 valence electrons. The van der Waals surface area contributed by atoms with Crippen LogP contribution in [0.1, 0.15) is 12.1 Å². The quantitative estimate of drug-likeness (QED) is 0.553. The highest BCUT2D eigenvalue weighted by molar-refractivity contribution is 7.91. The number of carbonyl (C=O) groups excluding carboxylic acids is 1. The minimum Gasteiger partial charge on any atom is -0.368 e. The smallest absolute Gasteiger partial charge is 0.368 e. The third-order valence-electron chi connectivity index (χ3n) is 5.27. The van der Waals surface area contributed by atoms with Crippen molar-refractivity contribution in [2.24, 2.45) is 0 Å². The first-order chi connectivity index (χ1) is 15.1. The third-order valence-corrected chi connectivity index (χ3v) is 8.03. The third kappa shape index (κ3) is 4.70. The van der Waals surface area contributed by atoms with E-state index >= 15 is 0 Å². The zero-order chi connectivity index (χ0) is 22.9. The van der Waals surface area contributed by atoms with E-state index in [2.05, 4.69) is 9.97 Å². The Balaban J connectivity index is 1.36. The normalized spacial score (nSPS) is 15.3. The summed E-state index contributed by atoms with van der Waals surface area (Å²) in [6, 6.07) is 7.36. The number of anilines is 1. The number of aromatic nitrogens is 2. The highest BCUT2D eigenvalue weighted by Crippen LogP contribution is 2.30. The number of carbonyl (C=O) groups is 1. The molecule has 1 aliphatic heterocycles. The summed E-state index contributed by atoms with van der Waals surface area (Å²) in [4.78, 5) is 23.5. The van der Waals surface area contributed by atoms with Crippen LogP contribution in [0.15, 0.2) is 46.9 Å². The van der Waals surface area contributed by atoms with E-state index in [1.807, 2.05) is 0 Å². The summed E-state index contributed by atoms with van der Waals surface area (Å²) in [6.07, 6.45) is -3.57. The number of fused-ring (bicyclic) bond motifs is 1. The second-order valence-electron chi connectivity index (χ2n) is 7.29. The summed E-state index contributed by atoms with van der Waals surface area (Å²) in [6.45, 7) is 1.29. The number of benzene rings is 1. The molecule has 1 amide bonds. The molecule has 0 bridgehead atoms. The van der Waals surface area contributed by atoms with Crippen LogP contribution in [-0.4, -0.2) is 61.1 Å². The first-order valence-corrected chi connectivity index (χ1v) is 12.3. The number of thiazole rings is 1. The lowest BCUT2D eigenvalue weighted by molar-refractivity contribution is -0.141. The van der Waals surface area contributed by atoms with Gasteiger partial charge < -0.3 is 9.80 Å². The molecule has 0 radical (unpaired) electrons. The van der Waals surface area contributed by atoms with Crippen molar-refractivity contribution in [3.8, 4) is 0 Å². The minimum atomic E-state index is -4.53. The van der Waals surface area contributed by atoms with Gasteiger partial charge in [-0.15, -0.1) is 11.3 Å². The number of piperazine rings is 1. The van der Waals surface area contributed by atoms with Crippen LogP contribution in [-0.2, 0) is 20.8 Å². The minimum absolute atomic E-state index is 0.162. The van der Waals surface area contributed by atoms with Crippen LogP contribution < -0.4 is 4.90 Å². The Morgan fingerprint density at radius 3 is 2.56 bits per heavy atom. The van der Waals surface area contributed by atoms with E-state index in [0.29, 0.717) is 42.1 Å². The van der Waals surface area contributed by atoms with Crippen molar-refractivity contribution in [1.29, 1.82) is 0 Å². The molecule has 7 nitrogen and oxygen atoms in total. The molecule has 0 unspecified atom stereocenters. The Morgan fingerprint density at radius 2 is 1.84 bits per heavy atom. The average molecular weight is 485 g/mol. The number of nitrogens with zero attached hydrogens (tertiary/aromatic N) is 4. The summed E-state index contributed by atoms with van der Waals surface area (Å²) in [5.74, 6) is -0.613. The fourth-order valence-electron chi connectivity index (χ4n) is 3.58. The van der Waals surface area contributed by atoms with E-state index in [1.54, 1.807) is 27.4 Å². The Kier molecular flexibility index (Phi) is 6.08. The second kappa shape index (κ2) is 8.66. The van der Waals surface area contributed by atoms with Crippen molar-refractivity contribution >= 4 is 43.0 Å². The topological polar surface area (TPSA) is 83.5 Å². The Bertz CT molecular complexity index is 1240. The molecule has 1 aromatic carbocycles. The summed E-state index contributed by atoms with van der Waals surface area (Å²) >= 11 is 1.24. The predicted octanol–water partition coefficient (Wildman–Crippen LogP) is 3.22. The van der Waals surface area contributed by atoms with Gasteiger partial charge in [-0.2, -0.15) is 13.2 Å². The van der Waals surface area contributed by atoms with Crippen molar-refractivity contribution in [2.45, 2.75) is 17.5 Å². The zero-order valence-electron chi connectivity index (χ0n) is 16.7. The Hall–Kier alpha value is -2.73. The van der Waals surface area contributed by atoms with Gasteiger partial charge in [-0.05, 0) is 24.3 Å². The van der Waals surface area contributed by atoms with Crippen LogP contribution in [0.5, 0.6) is 0 Å². The second-order valence-corrected chi connectivity index (χ2v) is 10.2. The highest BCUT2D eigenvalue weighted by Gasteiger charge is 2.33. The number of hydrogen-bond acceptors (Lipinski definition) is 7. The summed E-state index contributed by atoms with van der Waals surface area (Å²) in [7, 11) is -3.66.